The molecule has 0 spiro atoms. The molecule has 7 nitrogen and oxygen atoms in total. The third-order valence-electron chi connectivity index (χ3n) is 5.94. The molecule has 0 fully saturated rings. The second kappa shape index (κ2) is 18.8. The lowest BCUT2D eigenvalue weighted by molar-refractivity contribution is 0.0368. The largest absolute Gasteiger partial charge is 0.455 e. The van der Waals surface area contributed by atoms with Crippen molar-refractivity contribution in [3.05, 3.63) is 48.0 Å². The van der Waals surface area contributed by atoms with Gasteiger partial charge in [0.1, 0.15) is 11.7 Å². The maximum absolute atomic E-state index is 12.6. The lowest BCUT2D eigenvalue weighted by atomic mass is 10.0. The van der Waals surface area contributed by atoms with E-state index in [0.29, 0.717) is 12.0 Å². The van der Waals surface area contributed by atoms with Gasteiger partial charge in [0.15, 0.2) is 0 Å². The molecular weight excluding hydrogens is 470 g/mol. The third-order valence-corrected chi connectivity index (χ3v) is 5.94. The van der Waals surface area contributed by atoms with Crippen molar-refractivity contribution in [2.45, 2.75) is 122 Å². The summed E-state index contributed by atoms with van der Waals surface area (Å²) in [6.07, 6.45) is 13.4. The zero-order valence-electron chi connectivity index (χ0n) is 23.3. The highest BCUT2D eigenvalue weighted by Crippen LogP contribution is 2.16. The number of amides is 1. The number of aliphatic hydroxyl groups excluding tert-OH is 2. The van der Waals surface area contributed by atoms with Gasteiger partial charge < -0.3 is 25.0 Å². The number of carbonyl (C=O) groups excluding carboxylic acids is 2. The van der Waals surface area contributed by atoms with Crippen LogP contribution in [-0.2, 0) is 9.47 Å². The number of benzene rings is 1. The van der Waals surface area contributed by atoms with Crippen LogP contribution in [0.5, 0.6) is 0 Å². The van der Waals surface area contributed by atoms with Crippen LogP contribution in [0, 0.1) is 0 Å². The summed E-state index contributed by atoms with van der Waals surface area (Å²) in [7, 11) is 0. The summed E-state index contributed by atoms with van der Waals surface area (Å²) in [4.78, 5) is 24.7. The predicted octanol–water partition coefficient (Wildman–Crippen LogP) is 6.33. The lowest BCUT2D eigenvalue weighted by Gasteiger charge is -2.24. The van der Waals surface area contributed by atoms with Crippen LogP contribution in [0.25, 0.3) is 0 Å². The molecule has 0 saturated heterocycles. The van der Waals surface area contributed by atoms with E-state index in [2.05, 4.69) is 12.2 Å². The molecule has 0 bridgehead atoms. The molecule has 0 aromatic heterocycles. The molecule has 37 heavy (non-hydrogen) atoms. The van der Waals surface area contributed by atoms with Crippen LogP contribution in [0.2, 0.25) is 0 Å². The Bertz CT molecular complexity index is 774. The molecule has 0 radical (unpaired) electrons. The Morgan fingerprint density at radius 1 is 0.919 bits per heavy atom. The topological polar surface area (TPSA) is 105 Å². The van der Waals surface area contributed by atoms with Crippen LogP contribution in [0.4, 0.5) is 4.79 Å². The van der Waals surface area contributed by atoms with E-state index in [-0.39, 0.29) is 0 Å². The quantitative estimate of drug-likeness (QED) is 0.119. The second-order valence-electron chi connectivity index (χ2n) is 10.6. The molecule has 0 saturated carbocycles. The van der Waals surface area contributed by atoms with E-state index in [1.54, 1.807) is 51.1 Å². The van der Waals surface area contributed by atoms with Gasteiger partial charge in [-0.15, -0.1) is 0 Å². The first kappa shape index (κ1) is 32.6. The summed E-state index contributed by atoms with van der Waals surface area (Å²) < 4.78 is 10.9. The Morgan fingerprint density at radius 3 is 2.03 bits per heavy atom. The number of hydrogen-bond acceptors (Lipinski definition) is 6. The van der Waals surface area contributed by atoms with Gasteiger partial charge in [-0.2, -0.15) is 0 Å². The fourth-order valence-corrected chi connectivity index (χ4v) is 3.88. The zero-order chi connectivity index (χ0) is 27.5. The molecular formula is C30H49NO6. The van der Waals surface area contributed by atoms with Crippen molar-refractivity contribution in [2.75, 3.05) is 6.61 Å². The third kappa shape index (κ3) is 16.2. The predicted molar refractivity (Wildman–Crippen MR) is 147 cm³/mol. The van der Waals surface area contributed by atoms with Crippen molar-refractivity contribution in [1.29, 1.82) is 0 Å². The number of aliphatic hydroxyl groups is 2. The Balaban J connectivity index is 2.63. The Labute approximate surface area is 223 Å². The van der Waals surface area contributed by atoms with E-state index in [1.807, 2.05) is 6.07 Å². The van der Waals surface area contributed by atoms with Gasteiger partial charge in [-0.3, -0.25) is 0 Å². The van der Waals surface area contributed by atoms with Crippen molar-refractivity contribution in [3.63, 3.8) is 0 Å². The fraction of sp³-hybridized carbons (Fsp3) is 0.667. The second-order valence-corrected chi connectivity index (χ2v) is 10.6. The molecule has 0 aliphatic heterocycles. The summed E-state index contributed by atoms with van der Waals surface area (Å²) in [5, 5.41) is 22.7. The first-order valence-corrected chi connectivity index (χ1v) is 13.9. The van der Waals surface area contributed by atoms with Gasteiger partial charge in [-0.05, 0) is 51.8 Å². The van der Waals surface area contributed by atoms with Crippen molar-refractivity contribution < 1.29 is 29.3 Å². The normalized spacial score (nSPS) is 14.2. The number of unbranched alkanes of at least 4 members (excludes halogenated alkanes) is 9. The maximum atomic E-state index is 12.6. The molecule has 3 N–H and O–H groups in total. The van der Waals surface area contributed by atoms with E-state index in [9.17, 15) is 19.8 Å². The van der Waals surface area contributed by atoms with Crippen LogP contribution in [0.15, 0.2) is 42.5 Å². The first-order valence-electron chi connectivity index (χ1n) is 13.9. The minimum atomic E-state index is -1.18. The standard InChI is InChI=1S/C30H49NO6/c1-5-6-7-8-9-10-11-12-13-17-20-25(36-28(34)24-18-15-14-16-19-24)21-22-27(33)26(23-32)31-29(35)37-30(2,3)4/h14-16,18-19,21-22,25-27,32-33H,5-13,17,20,23H2,1-4H3,(H,31,35)/t25-,26+,27-/m1/s1. The highest BCUT2D eigenvalue weighted by Gasteiger charge is 2.23. The van der Waals surface area contributed by atoms with E-state index >= 15 is 0 Å². The highest BCUT2D eigenvalue weighted by molar-refractivity contribution is 5.89. The summed E-state index contributed by atoms with van der Waals surface area (Å²) in [5.74, 6) is -0.428. The molecule has 1 aromatic carbocycles. The van der Waals surface area contributed by atoms with Gasteiger partial charge in [0, 0.05) is 0 Å². The van der Waals surface area contributed by atoms with Gasteiger partial charge in [-0.1, -0.05) is 89.0 Å². The Hall–Kier alpha value is -2.38. The van der Waals surface area contributed by atoms with Gasteiger partial charge >= 0.3 is 12.1 Å². The number of ether oxygens (including phenoxy) is 2. The van der Waals surface area contributed by atoms with Gasteiger partial charge in [0.25, 0.3) is 0 Å². The number of esters is 1. The summed E-state index contributed by atoms with van der Waals surface area (Å²) >= 11 is 0. The number of alkyl carbamates (subject to hydrolysis) is 1. The van der Waals surface area contributed by atoms with Crippen LogP contribution in [0.3, 0.4) is 0 Å². The first-order chi connectivity index (χ1) is 17.7. The minimum absolute atomic E-state index is 0.428. The van der Waals surface area contributed by atoms with Crippen LogP contribution >= 0.6 is 0 Å². The lowest BCUT2D eigenvalue weighted by Crippen LogP contribution is -2.47. The van der Waals surface area contributed by atoms with Crippen molar-refractivity contribution in [3.8, 4) is 0 Å². The highest BCUT2D eigenvalue weighted by atomic mass is 16.6. The number of rotatable bonds is 18. The summed E-state index contributed by atoms with van der Waals surface area (Å²) in [5.41, 5.74) is -0.235. The van der Waals surface area contributed by atoms with Crippen LogP contribution in [0.1, 0.15) is 109 Å². The van der Waals surface area contributed by atoms with E-state index < -0.39 is 42.5 Å². The smallest absolute Gasteiger partial charge is 0.408 e. The molecule has 0 heterocycles. The number of carbonyl (C=O) groups is 2. The monoisotopic (exact) mass is 519 g/mol. The fourth-order valence-electron chi connectivity index (χ4n) is 3.88. The summed E-state index contributed by atoms with van der Waals surface area (Å²) in [6.45, 7) is 6.95. The molecule has 0 aliphatic rings. The van der Waals surface area contributed by atoms with Crippen molar-refractivity contribution >= 4 is 12.1 Å². The average molecular weight is 520 g/mol. The molecule has 0 unspecified atom stereocenters. The Kier molecular flexibility index (Phi) is 16.6. The summed E-state index contributed by atoms with van der Waals surface area (Å²) in [6, 6.07) is 7.84. The van der Waals surface area contributed by atoms with Crippen LogP contribution in [-0.4, -0.2) is 52.7 Å². The van der Waals surface area contributed by atoms with Gasteiger partial charge in [0.05, 0.1) is 24.3 Å². The van der Waals surface area contributed by atoms with Crippen molar-refractivity contribution in [2.24, 2.45) is 0 Å². The molecule has 1 amide bonds. The molecule has 0 aliphatic carbocycles. The number of nitrogens with one attached hydrogen (secondary N) is 1. The zero-order valence-corrected chi connectivity index (χ0v) is 23.3. The van der Waals surface area contributed by atoms with Crippen LogP contribution < -0.4 is 5.32 Å². The van der Waals surface area contributed by atoms with E-state index in [1.165, 1.54) is 51.0 Å². The van der Waals surface area contributed by atoms with Gasteiger partial charge in [0.2, 0.25) is 0 Å². The molecule has 3 atom stereocenters. The van der Waals surface area contributed by atoms with Crippen molar-refractivity contribution in [1.82, 2.24) is 5.32 Å². The molecule has 1 rings (SSSR count). The molecule has 1 aromatic rings. The molecule has 7 heteroatoms. The average Bonchev–Trinajstić information content (AvgIpc) is 2.85. The molecule has 210 valence electrons. The number of hydrogen-bond donors (Lipinski definition) is 3. The minimum Gasteiger partial charge on any atom is -0.455 e. The SMILES string of the molecule is CCCCCCCCCCCC[C@H](C=C[C@@H](O)[C@H](CO)NC(=O)OC(C)(C)C)OC(=O)c1ccccc1. The maximum Gasteiger partial charge on any atom is 0.408 e. The van der Waals surface area contributed by atoms with Gasteiger partial charge in [-0.25, -0.2) is 9.59 Å². The van der Waals surface area contributed by atoms with E-state index in [4.69, 9.17) is 9.47 Å². The van der Waals surface area contributed by atoms with E-state index in [0.717, 1.165) is 19.3 Å². The Morgan fingerprint density at radius 2 is 1.49 bits per heavy atom.